The number of aliphatic hydroxyl groups excluding tert-OH is 1. The molecule has 1 atom stereocenters. The molecule has 1 nitrogen and oxygen atoms in total. The summed E-state index contributed by atoms with van der Waals surface area (Å²) in [5.74, 6) is -0.943. The number of halogens is 2. The predicted molar refractivity (Wildman–Crippen MR) is 32.5 cm³/mol. The summed E-state index contributed by atoms with van der Waals surface area (Å²) in [4.78, 5) is 0. The Balaban J connectivity index is 2.34. The summed E-state index contributed by atoms with van der Waals surface area (Å²) in [5.41, 5.74) is 0. The van der Waals surface area contributed by atoms with Gasteiger partial charge in [-0.05, 0) is 0 Å². The highest BCUT2D eigenvalue weighted by Gasteiger charge is 2.47. The Labute approximate surface area is 58.0 Å². The molecule has 0 aromatic heterocycles. The second-order valence-electron chi connectivity index (χ2n) is 2.64. The van der Waals surface area contributed by atoms with Crippen LogP contribution >= 0.6 is 0 Å². The molecule has 0 heterocycles. The molecule has 1 fully saturated rings. The van der Waals surface area contributed by atoms with E-state index >= 15 is 0 Å². The molecule has 1 aliphatic carbocycles. The summed E-state index contributed by atoms with van der Waals surface area (Å²) in [6.45, 7) is 0. The van der Waals surface area contributed by atoms with E-state index in [1.54, 1.807) is 0 Å². The number of alkyl halides is 2. The second kappa shape index (κ2) is 2.21. The van der Waals surface area contributed by atoms with Crippen LogP contribution in [0.3, 0.4) is 0 Å². The van der Waals surface area contributed by atoms with Gasteiger partial charge in [-0.15, -0.1) is 6.42 Å². The fourth-order valence-corrected chi connectivity index (χ4v) is 1.07. The predicted octanol–water partition coefficient (Wildman–Crippen LogP) is 1.03. The molecule has 1 N–H and O–H groups in total. The molecule has 1 aliphatic rings. The van der Waals surface area contributed by atoms with Gasteiger partial charge in [0.1, 0.15) is 6.10 Å². The zero-order chi connectivity index (χ0) is 7.78. The minimum atomic E-state index is -2.58. The van der Waals surface area contributed by atoms with Crippen LogP contribution in [0.25, 0.3) is 0 Å². The van der Waals surface area contributed by atoms with Gasteiger partial charge >= 0.3 is 0 Å². The van der Waals surface area contributed by atoms with E-state index in [0.29, 0.717) is 0 Å². The highest BCUT2D eigenvalue weighted by molar-refractivity contribution is 5.03. The minimum absolute atomic E-state index is 0.266. The summed E-state index contributed by atoms with van der Waals surface area (Å²) in [5, 5.41) is 8.84. The van der Waals surface area contributed by atoms with Crippen molar-refractivity contribution in [3.8, 4) is 12.3 Å². The number of rotatable bonds is 1. The number of hydrogen-bond donors (Lipinski definition) is 1. The molecule has 0 spiro atoms. The van der Waals surface area contributed by atoms with Crippen molar-refractivity contribution in [2.24, 2.45) is 5.92 Å². The van der Waals surface area contributed by atoms with Gasteiger partial charge in [-0.25, -0.2) is 8.78 Å². The standard InChI is InChI=1S/C7H8F2O/c1-2-6(10)5-3-7(8,9)4-5/h1,5-6,10H,3-4H2. The van der Waals surface area contributed by atoms with E-state index in [2.05, 4.69) is 0 Å². The van der Waals surface area contributed by atoms with E-state index in [1.165, 1.54) is 0 Å². The smallest absolute Gasteiger partial charge is 0.249 e. The average molecular weight is 146 g/mol. The van der Waals surface area contributed by atoms with Crippen LogP contribution in [-0.2, 0) is 0 Å². The summed E-state index contributed by atoms with van der Waals surface area (Å²) in [7, 11) is 0. The Bertz CT molecular complexity index is 163. The first kappa shape index (κ1) is 7.49. The molecule has 10 heavy (non-hydrogen) atoms. The van der Waals surface area contributed by atoms with Crippen molar-refractivity contribution >= 4 is 0 Å². The molecule has 0 aliphatic heterocycles. The maximum absolute atomic E-state index is 12.1. The van der Waals surface area contributed by atoms with E-state index in [-0.39, 0.29) is 18.8 Å². The highest BCUT2D eigenvalue weighted by Crippen LogP contribution is 2.43. The van der Waals surface area contributed by atoms with Crippen molar-refractivity contribution in [1.29, 1.82) is 0 Å². The van der Waals surface area contributed by atoms with Gasteiger partial charge in [0.15, 0.2) is 0 Å². The number of hydrogen-bond acceptors (Lipinski definition) is 1. The van der Waals surface area contributed by atoms with E-state index < -0.39 is 12.0 Å². The Morgan fingerprint density at radius 1 is 1.60 bits per heavy atom. The topological polar surface area (TPSA) is 20.2 Å². The third kappa shape index (κ3) is 1.27. The van der Waals surface area contributed by atoms with Crippen LogP contribution in [0.2, 0.25) is 0 Å². The van der Waals surface area contributed by atoms with Gasteiger partial charge in [-0.3, -0.25) is 0 Å². The maximum Gasteiger partial charge on any atom is 0.249 e. The van der Waals surface area contributed by atoms with E-state index in [9.17, 15) is 8.78 Å². The second-order valence-corrected chi connectivity index (χ2v) is 2.64. The fourth-order valence-electron chi connectivity index (χ4n) is 1.07. The SMILES string of the molecule is C#CC(O)C1CC(F)(F)C1. The quantitative estimate of drug-likeness (QED) is 0.548. The molecule has 0 amide bonds. The fraction of sp³-hybridized carbons (Fsp3) is 0.714. The van der Waals surface area contributed by atoms with Crippen molar-refractivity contribution in [1.82, 2.24) is 0 Å². The molecule has 1 rings (SSSR count). The first-order valence-corrected chi connectivity index (χ1v) is 3.07. The summed E-state index contributed by atoms with van der Waals surface area (Å²) in [6.07, 6.45) is 3.31. The van der Waals surface area contributed by atoms with E-state index in [4.69, 9.17) is 11.5 Å². The first-order chi connectivity index (χ1) is 4.55. The van der Waals surface area contributed by atoms with Gasteiger partial charge in [0.25, 0.3) is 0 Å². The summed E-state index contributed by atoms with van der Waals surface area (Å²) in [6, 6.07) is 0. The molecule has 1 unspecified atom stereocenters. The van der Waals surface area contributed by atoms with Crippen molar-refractivity contribution in [2.75, 3.05) is 0 Å². The molecular formula is C7H8F2O. The van der Waals surface area contributed by atoms with Gasteiger partial charge in [0, 0.05) is 18.8 Å². The van der Waals surface area contributed by atoms with Crippen LogP contribution in [-0.4, -0.2) is 17.1 Å². The van der Waals surface area contributed by atoms with Crippen LogP contribution in [0.15, 0.2) is 0 Å². The largest absolute Gasteiger partial charge is 0.380 e. The van der Waals surface area contributed by atoms with Gasteiger partial charge in [0.05, 0.1) is 0 Å². The molecule has 0 bridgehead atoms. The summed E-state index contributed by atoms with van der Waals surface area (Å²) >= 11 is 0. The van der Waals surface area contributed by atoms with Gasteiger partial charge in [0.2, 0.25) is 5.92 Å². The normalized spacial score (nSPS) is 26.6. The van der Waals surface area contributed by atoms with Crippen LogP contribution in [0.5, 0.6) is 0 Å². The van der Waals surface area contributed by atoms with E-state index in [1.807, 2.05) is 5.92 Å². The third-order valence-electron chi connectivity index (χ3n) is 1.74. The van der Waals surface area contributed by atoms with Crippen LogP contribution in [0, 0.1) is 18.3 Å². The van der Waals surface area contributed by atoms with Crippen molar-refractivity contribution < 1.29 is 13.9 Å². The number of aliphatic hydroxyl groups is 1. The van der Waals surface area contributed by atoms with Gasteiger partial charge in [-0.1, -0.05) is 5.92 Å². The molecular weight excluding hydrogens is 138 g/mol. The lowest BCUT2D eigenvalue weighted by molar-refractivity contribution is -0.131. The Morgan fingerprint density at radius 2 is 2.10 bits per heavy atom. The summed E-state index contributed by atoms with van der Waals surface area (Å²) < 4.78 is 24.2. The first-order valence-electron chi connectivity index (χ1n) is 3.07. The molecule has 0 saturated heterocycles. The Hall–Kier alpha value is -0.620. The number of terminal acetylenes is 1. The van der Waals surface area contributed by atoms with Gasteiger partial charge in [-0.2, -0.15) is 0 Å². The third-order valence-corrected chi connectivity index (χ3v) is 1.74. The van der Waals surface area contributed by atoms with Crippen LogP contribution in [0.1, 0.15) is 12.8 Å². The zero-order valence-corrected chi connectivity index (χ0v) is 5.35. The lowest BCUT2D eigenvalue weighted by atomic mass is 9.78. The molecule has 0 aromatic rings. The Kier molecular flexibility index (Phi) is 1.65. The monoisotopic (exact) mass is 146 g/mol. The van der Waals surface area contributed by atoms with Crippen LogP contribution < -0.4 is 0 Å². The zero-order valence-electron chi connectivity index (χ0n) is 5.35. The minimum Gasteiger partial charge on any atom is -0.380 e. The van der Waals surface area contributed by atoms with E-state index in [0.717, 1.165) is 0 Å². The highest BCUT2D eigenvalue weighted by atomic mass is 19.3. The maximum atomic E-state index is 12.1. The average Bonchev–Trinajstić information content (AvgIpc) is 1.81. The molecule has 1 saturated carbocycles. The van der Waals surface area contributed by atoms with Crippen molar-refractivity contribution in [2.45, 2.75) is 24.9 Å². The molecule has 56 valence electrons. The van der Waals surface area contributed by atoms with Gasteiger partial charge < -0.3 is 5.11 Å². The lowest BCUT2D eigenvalue weighted by Gasteiger charge is -2.35. The Morgan fingerprint density at radius 3 is 2.40 bits per heavy atom. The molecule has 0 radical (unpaired) electrons. The van der Waals surface area contributed by atoms with Crippen molar-refractivity contribution in [3.05, 3.63) is 0 Å². The van der Waals surface area contributed by atoms with Crippen LogP contribution in [0.4, 0.5) is 8.78 Å². The molecule has 3 heteroatoms. The molecule has 0 aromatic carbocycles. The lowest BCUT2D eigenvalue weighted by Crippen LogP contribution is -2.41. The van der Waals surface area contributed by atoms with Crippen molar-refractivity contribution in [3.63, 3.8) is 0 Å².